The first-order valence-electron chi connectivity index (χ1n) is 6.57. The van der Waals surface area contributed by atoms with Crippen LogP contribution in [0.3, 0.4) is 0 Å². The number of benzene rings is 1. The Balaban J connectivity index is 2.21. The smallest absolute Gasteiger partial charge is 0.119 e. The first kappa shape index (κ1) is 12.4. The third kappa shape index (κ3) is 2.63. The fourth-order valence-corrected chi connectivity index (χ4v) is 3.13. The van der Waals surface area contributed by atoms with E-state index < -0.39 is 0 Å². The van der Waals surface area contributed by atoms with Gasteiger partial charge in [-0.15, -0.1) is 0 Å². The molecule has 3 atom stereocenters. The summed E-state index contributed by atoms with van der Waals surface area (Å²) in [5, 5.41) is 3.49. The second kappa shape index (κ2) is 5.54. The van der Waals surface area contributed by atoms with Crippen LogP contribution < -0.4 is 10.1 Å². The number of nitrogens with one attached hydrogen (secondary N) is 1. The highest BCUT2D eigenvalue weighted by atomic mass is 16.5. The number of methoxy groups -OCH3 is 1. The Labute approximate surface area is 104 Å². The first-order chi connectivity index (χ1) is 8.26. The van der Waals surface area contributed by atoms with Gasteiger partial charge in [0.2, 0.25) is 0 Å². The van der Waals surface area contributed by atoms with Crippen molar-refractivity contribution >= 4 is 0 Å². The van der Waals surface area contributed by atoms with E-state index in [1.807, 2.05) is 6.07 Å². The summed E-state index contributed by atoms with van der Waals surface area (Å²) in [4.78, 5) is 0. The molecule has 0 heterocycles. The van der Waals surface area contributed by atoms with Crippen LogP contribution >= 0.6 is 0 Å². The normalized spacial score (nSPS) is 25.8. The fraction of sp³-hybridized carbons (Fsp3) is 0.600. The Morgan fingerprint density at radius 2 is 2.18 bits per heavy atom. The molecular formula is C15H23NO. The van der Waals surface area contributed by atoms with Crippen LogP contribution in [0.15, 0.2) is 24.3 Å². The Morgan fingerprint density at radius 3 is 2.76 bits per heavy atom. The summed E-state index contributed by atoms with van der Waals surface area (Å²) in [5.74, 6) is 2.53. The summed E-state index contributed by atoms with van der Waals surface area (Å²) in [6, 6.07) is 8.91. The highest BCUT2D eigenvalue weighted by Gasteiger charge is 2.30. The largest absolute Gasteiger partial charge is 0.497 e. The van der Waals surface area contributed by atoms with Crippen molar-refractivity contribution in [2.24, 2.45) is 11.8 Å². The van der Waals surface area contributed by atoms with Crippen LogP contribution in [0.4, 0.5) is 0 Å². The molecule has 1 fully saturated rings. The summed E-state index contributed by atoms with van der Waals surface area (Å²) in [6.45, 7) is 2.38. The van der Waals surface area contributed by atoms with Crippen LogP contribution in [0.25, 0.3) is 0 Å². The third-order valence-electron chi connectivity index (χ3n) is 4.12. The molecule has 0 bridgehead atoms. The molecule has 1 saturated carbocycles. The minimum atomic E-state index is 0.461. The molecular weight excluding hydrogens is 210 g/mol. The molecule has 94 valence electrons. The van der Waals surface area contributed by atoms with Crippen molar-refractivity contribution in [2.45, 2.75) is 32.2 Å². The monoisotopic (exact) mass is 233 g/mol. The van der Waals surface area contributed by atoms with Gasteiger partial charge in [-0.05, 0) is 43.0 Å². The van der Waals surface area contributed by atoms with Gasteiger partial charge in [-0.25, -0.2) is 0 Å². The van der Waals surface area contributed by atoms with Crippen LogP contribution in [-0.2, 0) is 0 Å². The van der Waals surface area contributed by atoms with Gasteiger partial charge in [0.1, 0.15) is 5.75 Å². The number of hydrogen-bond acceptors (Lipinski definition) is 2. The van der Waals surface area contributed by atoms with Crippen LogP contribution in [0.1, 0.15) is 37.8 Å². The number of rotatable bonds is 4. The zero-order chi connectivity index (χ0) is 12.3. The zero-order valence-corrected chi connectivity index (χ0v) is 11.1. The molecule has 0 radical (unpaired) electrons. The minimum absolute atomic E-state index is 0.461. The maximum Gasteiger partial charge on any atom is 0.119 e. The molecule has 1 aromatic rings. The fourth-order valence-electron chi connectivity index (χ4n) is 3.13. The van der Waals surface area contributed by atoms with E-state index in [-0.39, 0.29) is 0 Å². The molecule has 0 amide bonds. The molecule has 1 aliphatic rings. The van der Waals surface area contributed by atoms with Gasteiger partial charge in [0, 0.05) is 6.04 Å². The van der Waals surface area contributed by atoms with Crippen molar-refractivity contribution in [3.63, 3.8) is 0 Å². The van der Waals surface area contributed by atoms with Gasteiger partial charge in [0.15, 0.2) is 0 Å². The zero-order valence-electron chi connectivity index (χ0n) is 11.1. The third-order valence-corrected chi connectivity index (χ3v) is 4.12. The lowest BCUT2D eigenvalue weighted by molar-refractivity contribution is 0.314. The highest BCUT2D eigenvalue weighted by molar-refractivity contribution is 5.31. The Hall–Kier alpha value is -1.02. The van der Waals surface area contributed by atoms with Crippen LogP contribution in [0.2, 0.25) is 0 Å². The van der Waals surface area contributed by atoms with Gasteiger partial charge < -0.3 is 10.1 Å². The summed E-state index contributed by atoms with van der Waals surface area (Å²) < 4.78 is 5.31. The van der Waals surface area contributed by atoms with Crippen molar-refractivity contribution in [1.29, 1.82) is 0 Å². The van der Waals surface area contributed by atoms with Crippen molar-refractivity contribution in [2.75, 3.05) is 14.2 Å². The lowest BCUT2D eigenvalue weighted by Gasteiger charge is -2.27. The molecule has 17 heavy (non-hydrogen) atoms. The Morgan fingerprint density at radius 1 is 1.35 bits per heavy atom. The average molecular weight is 233 g/mol. The van der Waals surface area contributed by atoms with Gasteiger partial charge in [-0.2, -0.15) is 0 Å². The van der Waals surface area contributed by atoms with E-state index in [9.17, 15) is 0 Å². The van der Waals surface area contributed by atoms with Crippen molar-refractivity contribution in [3.8, 4) is 5.75 Å². The minimum Gasteiger partial charge on any atom is -0.497 e. The van der Waals surface area contributed by atoms with Crippen LogP contribution in [0.5, 0.6) is 5.75 Å². The van der Waals surface area contributed by atoms with Gasteiger partial charge in [0.25, 0.3) is 0 Å². The van der Waals surface area contributed by atoms with Crippen molar-refractivity contribution in [1.82, 2.24) is 5.32 Å². The molecule has 0 saturated heterocycles. The maximum atomic E-state index is 5.31. The van der Waals surface area contributed by atoms with Crippen LogP contribution in [0, 0.1) is 11.8 Å². The topological polar surface area (TPSA) is 21.3 Å². The average Bonchev–Trinajstić information content (AvgIpc) is 2.77. The van der Waals surface area contributed by atoms with Crippen molar-refractivity contribution < 1.29 is 4.74 Å². The Kier molecular flexibility index (Phi) is 4.06. The molecule has 0 aliphatic heterocycles. The summed E-state index contributed by atoms with van der Waals surface area (Å²) in [5.41, 5.74) is 1.35. The van der Waals surface area contributed by atoms with E-state index in [1.54, 1.807) is 7.11 Å². The molecule has 2 rings (SSSR count). The first-order valence-corrected chi connectivity index (χ1v) is 6.57. The molecule has 0 spiro atoms. The summed E-state index contributed by atoms with van der Waals surface area (Å²) in [7, 11) is 3.79. The maximum absolute atomic E-state index is 5.31. The van der Waals surface area contributed by atoms with E-state index in [0.29, 0.717) is 6.04 Å². The molecule has 0 aromatic heterocycles. The van der Waals surface area contributed by atoms with E-state index in [2.05, 4.69) is 37.5 Å². The highest BCUT2D eigenvalue weighted by Crippen LogP contribution is 2.40. The molecule has 1 aromatic carbocycles. The quantitative estimate of drug-likeness (QED) is 0.860. The van der Waals surface area contributed by atoms with Crippen LogP contribution in [-0.4, -0.2) is 14.2 Å². The van der Waals surface area contributed by atoms with Gasteiger partial charge in [-0.1, -0.05) is 31.9 Å². The van der Waals surface area contributed by atoms with E-state index in [4.69, 9.17) is 4.74 Å². The number of ether oxygens (including phenoxy) is 1. The van der Waals surface area contributed by atoms with Gasteiger partial charge in [0.05, 0.1) is 7.11 Å². The van der Waals surface area contributed by atoms with E-state index in [1.165, 1.54) is 24.8 Å². The molecule has 3 unspecified atom stereocenters. The second-order valence-corrected chi connectivity index (χ2v) is 5.12. The second-order valence-electron chi connectivity index (χ2n) is 5.12. The lowest BCUT2D eigenvalue weighted by atomic mass is 9.86. The van der Waals surface area contributed by atoms with Gasteiger partial charge >= 0.3 is 0 Å². The predicted molar refractivity (Wildman–Crippen MR) is 71.3 cm³/mol. The van der Waals surface area contributed by atoms with Gasteiger partial charge in [-0.3, -0.25) is 0 Å². The standard InChI is InChI=1S/C15H23NO/c1-11-6-4-9-14(11)15(16-2)12-7-5-8-13(10-12)17-3/h5,7-8,10-11,14-16H,4,6,9H2,1-3H3. The van der Waals surface area contributed by atoms with E-state index >= 15 is 0 Å². The molecule has 1 N–H and O–H groups in total. The molecule has 2 nitrogen and oxygen atoms in total. The summed E-state index contributed by atoms with van der Waals surface area (Å²) >= 11 is 0. The van der Waals surface area contributed by atoms with E-state index in [0.717, 1.165) is 17.6 Å². The summed E-state index contributed by atoms with van der Waals surface area (Å²) in [6.07, 6.45) is 4.07. The Bertz CT molecular complexity index is 364. The number of hydrogen-bond donors (Lipinski definition) is 1. The SMILES string of the molecule is CNC(c1cccc(OC)c1)C1CCCC1C. The molecule has 1 aliphatic carbocycles. The predicted octanol–water partition coefficient (Wildman–Crippen LogP) is 3.39. The van der Waals surface area contributed by atoms with Crippen molar-refractivity contribution in [3.05, 3.63) is 29.8 Å². The molecule has 2 heteroatoms. The lowest BCUT2D eigenvalue weighted by Crippen LogP contribution is -2.26.